The predicted octanol–water partition coefficient (Wildman–Crippen LogP) is 1.24. The molecule has 3 heteroatoms. The molecule has 0 spiro atoms. The number of hydrogen-bond acceptors (Lipinski definition) is 2. The molecule has 0 N–H and O–H groups in total. The van der Waals surface area contributed by atoms with Gasteiger partial charge in [0.05, 0.1) is 5.76 Å². The highest BCUT2D eigenvalue weighted by molar-refractivity contribution is 6.00. The van der Waals surface area contributed by atoms with Crippen molar-refractivity contribution in [1.29, 1.82) is 0 Å². The third-order valence-corrected chi connectivity index (χ3v) is 2.49. The molecule has 1 saturated carbocycles. The number of carbonyl (C=O) groups excluding carboxylic acids is 1. The van der Waals surface area contributed by atoms with Gasteiger partial charge in [-0.3, -0.25) is 4.79 Å². The van der Waals surface area contributed by atoms with E-state index in [1.807, 2.05) is 6.92 Å². The minimum absolute atomic E-state index is 0.278. The maximum Gasteiger partial charge on any atom is 0.494 e. The molecule has 1 fully saturated rings. The summed E-state index contributed by atoms with van der Waals surface area (Å²) >= 11 is 1.43. The first-order valence-corrected chi connectivity index (χ1v) is 4.48. The number of ketones is 1. The van der Waals surface area contributed by atoms with Gasteiger partial charge in [0.15, 0.2) is 5.78 Å². The van der Waals surface area contributed by atoms with E-state index in [0.717, 1.165) is 30.6 Å². The molecule has 0 unspecified atom stereocenters. The fraction of sp³-hybridized carbons (Fsp3) is 0.625. The van der Waals surface area contributed by atoms with Crippen molar-refractivity contribution in [1.82, 2.24) is 0 Å². The average molecular weight is 167 g/mol. The fourth-order valence-corrected chi connectivity index (χ4v) is 1.51. The van der Waals surface area contributed by atoms with Gasteiger partial charge in [0.2, 0.25) is 0 Å². The molecule has 0 amide bonds. The molecule has 1 aliphatic carbocycles. The SMILES string of the molecule is CC([O][AlH])=C1CCCCC1=O. The largest absolute Gasteiger partial charge is 0.653 e. The van der Waals surface area contributed by atoms with Crippen LogP contribution in [0.2, 0.25) is 0 Å². The quantitative estimate of drug-likeness (QED) is 0.333. The van der Waals surface area contributed by atoms with Crippen molar-refractivity contribution in [2.75, 3.05) is 0 Å². The van der Waals surface area contributed by atoms with Crippen LogP contribution in [0.15, 0.2) is 11.3 Å². The molecule has 0 saturated heterocycles. The molecule has 0 aromatic heterocycles. The topological polar surface area (TPSA) is 26.3 Å². The van der Waals surface area contributed by atoms with Crippen molar-refractivity contribution >= 4 is 22.4 Å². The van der Waals surface area contributed by atoms with Crippen molar-refractivity contribution in [3.63, 3.8) is 0 Å². The van der Waals surface area contributed by atoms with Gasteiger partial charge in [0.25, 0.3) is 0 Å². The maximum atomic E-state index is 11.3. The third-order valence-electron chi connectivity index (χ3n) is 2.06. The molecule has 1 rings (SSSR count). The van der Waals surface area contributed by atoms with Crippen molar-refractivity contribution in [2.45, 2.75) is 32.6 Å². The molecule has 1 aliphatic rings. The number of hydrogen-bond donors (Lipinski definition) is 0. The summed E-state index contributed by atoms with van der Waals surface area (Å²) in [6, 6.07) is 0. The molecule has 11 heavy (non-hydrogen) atoms. The first-order valence-electron chi connectivity index (χ1n) is 3.90. The number of carbonyl (C=O) groups is 1. The van der Waals surface area contributed by atoms with Gasteiger partial charge in [0.1, 0.15) is 0 Å². The summed E-state index contributed by atoms with van der Waals surface area (Å²) in [5.41, 5.74) is 0.909. The zero-order valence-corrected chi connectivity index (χ0v) is 8.27. The van der Waals surface area contributed by atoms with Gasteiger partial charge >= 0.3 is 16.6 Å². The summed E-state index contributed by atoms with van der Waals surface area (Å²) in [6.45, 7) is 1.87. The van der Waals surface area contributed by atoms with E-state index in [2.05, 4.69) is 0 Å². The van der Waals surface area contributed by atoms with Crippen LogP contribution < -0.4 is 0 Å². The molecule has 59 valence electrons. The molecule has 0 bridgehead atoms. The van der Waals surface area contributed by atoms with Crippen molar-refractivity contribution in [3.8, 4) is 0 Å². The summed E-state index contributed by atoms with van der Waals surface area (Å²) < 4.78 is 5.05. The Hall–Kier alpha value is -0.258. The van der Waals surface area contributed by atoms with E-state index in [1.165, 1.54) is 16.6 Å². The number of rotatable bonds is 1. The number of Topliss-reactive ketones (excluding diaryl/α,β-unsaturated/α-hetero) is 1. The summed E-state index contributed by atoms with van der Waals surface area (Å²) in [4.78, 5) is 11.3. The average Bonchev–Trinajstić information content (AvgIpc) is 2.04. The van der Waals surface area contributed by atoms with Gasteiger partial charge in [-0.05, 0) is 26.2 Å². The van der Waals surface area contributed by atoms with E-state index in [1.54, 1.807) is 0 Å². The Balaban J connectivity index is 2.75. The van der Waals surface area contributed by atoms with Gasteiger partial charge in [0, 0.05) is 12.0 Å². The van der Waals surface area contributed by atoms with Crippen molar-refractivity contribution < 1.29 is 8.58 Å². The molecule has 0 aromatic rings. The molecular weight excluding hydrogens is 155 g/mol. The Labute approximate surface area is 75.4 Å². The minimum Gasteiger partial charge on any atom is -0.653 e. The second-order valence-corrected chi connectivity index (χ2v) is 3.10. The van der Waals surface area contributed by atoms with E-state index in [9.17, 15) is 4.79 Å². The molecule has 0 aliphatic heterocycles. The molecule has 1 radical (unpaired) electrons. The lowest BCUT2D eigenvalue weighted by molar-refractivity contribution is -0.116. The van der Waals surface area contributed by atoms with Crippen LogP contribution in [0.4, 0.5) is 0 Å². The highest BCUT2D eigenvalue weighted by atomic mass is 27.1. The monoisotopic (exact) mass is 167 g/mol. The van der Waals surface area contributed by atoms with Gasteiger partial charge < -0.3 is 3.79 Å². The Kier molecular flexibility index (Phi) is 3.17. The van der Waals surface area contributed by atoms with E-state index < -0.39 is 0 Å². The van der Waals surface area contributed by atoms with Crippen LogP contribution in [-0.4, -0.2) is 22.4 Å². The standard InChI is InChI=1S/C8H12O2.Al.H/c1-6(9)7-4-2-3-5-8(7)10;;/h9H,2-5H2,1H3;;/q;+1;/p-1. The van der Waals surface area contributed by atoms with Crippen molar-refractivity contribution in [3.05, 3.63) is 11.3 Å². The lowest BCUT2D eigenvalue weighted by Gasteiger charge is -2.15. The van der Waals surface area contributed by atoms with Crippen LogP contribution in [0, 0.1) is 0 Å². The second-order valence-electron chi connectivity index (χ2n) is 2.81. The van der Waals surface area contributed by atoms with Crippen LogP contribution >= 0.6 is 0 Å². The smallest absolute Gasteiger partial charge is 0.494 e. The van der Waals surface area contributed by atoms with E-state index in [0.29, 0.717) is 6.42 Å². The Bertz CT molecular complexity index is 196. The molecule has 0 aromatic carbocycles. The van der Waals surface area contributed by atoms with Crippen LogP contribution in [-0.2, 0) is 8.58 Å². The van der Waals surface area contributed by atoms with Crippen LogP contribution in [0.25, 0.3) is 0 Å². The van der Waals surface area contributed by atoms with Crippen LogP contribution in [0.1, 0.15) is 32.6 Å². The molecule has 2 nitrogen and oxygen atoms in total. The fourth-order valence-electron chi connectivity index (χ4n) is 1.34. The van der Waals surface area contributed by atoms with Gasteiger partial charge in [-0.15, -0.1) is 0 Å². The van der Waals surface area contributed by atoms with Gasteiger partial charge in [-0.2, -0.15) is 0 Å². The first-order chi connectivity index (χ1) is 5.25. The second kappa shape index (κ2) is 3.94. The molecule has 0 atom stereocenters. The lowest BCUT2D eigenvalue weighted by Crippen LogP contribution is -2.11. The normalized spacial score (nSPS) is 23.2. The van der Waals surface area contributed by atoms with Crippen LogP contribution in [0.3, 0.4) is 0 Å². The lowest BCUT2D eigenvalue weighted by atomic mass is 9.93. The van der Waals surface area contributed by atoms with E-state index in [-0.39, 0.29) is 5.78 Å². The highest BCUT2D eigenvalue weighted by Crippen LogP contribution is 2.22. The third kappa shape index (κ3) is 2.08. The predicted molar refractivity (Wildman–Crippen MR) is 44.4 cm³/mol. The van der Waals surface area contributed by atoms with Crippen LogP contribution in [0.5, 0.6) is 0 Å². The summed E-state index contributed by atoms with van der Waals surface area (Å²) in [5.74, 6) is 1.09. The van der Waals surface area contributed by atoms with E-state index in [4.69, 9.17) is 3.79 Å². The molecule has 0 heterocycles. The zero-order valence-electron chi connectivity index (χ0n) is 6.85. The Morgan fingerprint density at radius 2 is 2.09 bits per heavy atom. The first kappa shape index (κ1) is 8.84. The van der Waals surface area contributed by atoms with Gasteiger partial charge in [-0.1, -0.05) is 0 Å². The summed E-state index contributed by atoms with van der Waals surface area (Å²) in [7, 11) is 0. The minimum atomic E-state index is 0.278. The maximum absolute atomic E-state index is 11.3. The van der Waals surface area contributed by atoms with E-state index >= 15 is 0 Å². The van der Waals surface area contributed by atoms with Crippen molar-refractivity contribution in [2.24, 2.45) is 0 Å². The Morgan fingerprint density at radius 1 is 1.45 bits per heavy atom. The summed E-state index contributed by atoms with van der Waals surface area (Å²) in [5, 5.41) is 0. The number of allylic oxidation sites excluding steroid dienone is 2. The highest BCUT2D eigenvalue weighted by Gasteiger charge is 2.16. The Morgan fingerprint density at radius 3 is 2.64 bits per heavy atom. The summed E-state index contributed by atoms with van der Waals surface area (Å²) in [6.07, 6.45) is 3.79. The zero-order chi connectivity index (χ0) is 8.27. The van der Waals surface area contributed by atoms with Gasteiger partial charge in [-0.25, -0.2) is 0 Å². The molecular formula is C8H12AlO2.